The molecule has 2 N–H and O–H groups in total. The third-order valence-electron chi connectivity index (χ3n) is 4.51. The van der Waals surface area contributed by atoms with Crippen molar-refractivity contribution in [1.29, 1.82) is 0 Å². The highest BCUT2D eigenvalue weighted by molar-refractivity contribution is 7.11. The monoisotopic (exact) mass is 357 g/mol. The lowest BCUT2D eigenvalue weighted by atomic mass is 10.2. The summed E-state index contributed by atoms with van der Waals surface area (Å²) in [5.74, 6) is 0.0564. The molecule has 0 aliphatic carbocycles. The first-order valence-corrected chi connectivity index (χ1v) is 9.85. The Kier molecular flexibility index (Phi) is 6.10. The summed E-state index contributed by atoms with van der Waals surface area (Å²) >= 11 is 1.80. The fourth-order valence-corrected chi connectivity index (χ4v) is 4.01. The van der Waals surface area contributed by atoms with Crippen molar-refractivity contribution in [2.45, 2.75) is 45.7 Å². The average Bonchev–Trinajstić information content (AvgIpc) is 3.24. The van der Waals surface area contributed by atoms with Gasteiger partial charge >= 0.3 is 0 Å². The molecule has 3 rings (SSSR count). The summed E-state index contributed by atoms with van der Waals surface area (Å²) in [7, 11) is 0. The minimum atomic E-state index is 0.0564. The van der Waals surface area contributed by atoms with Gasteiger partial charge in [0, 0.05) is 53.2 Å². The summed E-state index contributed by atoms with van der Waals surface area (Å²) in [4.78, 5) is 17.3. The summed E-state index contributed by atoms with van der Waals surface area (Å²) in [5, 5.41) is 6.46. The van der Waals surface area contributed by atoms with Crippen molar-refractivity contribution >= 4 is 28.6 Å². The molecule has 1 fully saturated rings. The number of thiophene rings is 1. The fourth-order valence-electron chi connectivity index (χ4n) is 3.17. The zero-order valence-corrected chi connectivity index (χ0v) is 15.9. The maximum atomic E-state index is 12.3. The van der Waals surface area contributed by atoms with Crippen LogP contribution in [-0.2, 0) is 11.3 Å². The molecule has 1 unspecified atom stereocenters. The van der Waals surface area contributed by atoms with E-state index in [0.29, 0.717) is 6.42 Å². The lowest BCUT2D eigenvalue weighted by Gasteiger charge is -2.19. The molecular weight excluding hydrogens is 330 g/mol. The second-order valence-corrected chi connectivity index (χ2v) is 8.16. The van der Waals surface area contributed by atoms with Gasteiger partial charge in [-0.2, -0.15) is 0 Å². The topological polar surface area (TPSA) is 44.4 Å². The van der Waals surface area contributed by atoms with Crippen molar-refractivity contribution in [2.75, 3.05) is 23.3 Å². The van der Waals surface area contributed by atoms with Crippen molar-refractivity contribution in [1.82, 2.24) is 5.32 Å². The molecule has 0 radical (unpaired) electrons. The maximum absolute atomic E-state index is 12.3. The van der Waals surface area contributed by atoms with Crippen LogP contribution in [0.3, 0.4) is 0 Å². The second-order valence-electron chi connectivity index (χ2n) is 6.79. The Morgan fingerprint density at radius 1 is 1.24 bits per heavy atom. The number of amides is 1. The van der Waals surface area contributed by atoms with E-state index in [2.05, 4.69) is 53.6 Å². The van der Waals surface area contributed by atoms with Crippen molar-refractivity contribution in [2.24, 2.45) is 0 Å². The average molecular weight is 358 g/mol. The molecule has 2 aromatic rings. The largest absolute Gasteiger partial charge is 0.371 e. The Morgan fingerprint density at radius 2 is 2.04 bits per heavy atom. The number of nitrogens with one attached hydrogen (secondary N) is 2. The van der Waals surface area contributed by atoms with E-state index in [9.17, 15) is 4.79 Å². The Morgan fingerprint density at radius 3 is 2.76 bits per heavy atom. The highest BCUT2D eigenvalue weighted by Crippen LogP contribution is 2.23. The molecule has 1 aliphatic heterocycles. The van der Waals surface area contributed by atoms with Crippen LogP contribution < -0.4 is 15.5 Å². The Labute approximate surface area is 154 Å². The molecule has 0 spiro atoms. The van der Waals surface area contributed by atoms with E-state index >= 15 is 0 Å². The third-order valence-corrected chi connectivity index (χ3v) is 5.51. The number of hydrogen-bond acceptors (Lipinski definition) is 4. The Bertz CT molecular complexity index is 706. The van der Waals surface area contributed by atoms with E-state index in [-0.39, 0.29) is 11.9 Å². The third kappa shape index (κ3) is 5.31. The van der Waals surface area contributed by atoms with Gasteiger partial charge in [-0.15, -0.1) is 11.3 Å². The SMILES string of the molecule is Cc1ccc(CNC(C)CC(=O)Nc2cccc(N3CCCC3)c2)s1. The number of aryl methyl sites for hydroxylation is 1. The first kappa shape index (κ1) is 18.0. The van der Waals surface area contributed by atoms with Crippen molar-refractivity contribution in [3.63, 3.8) is 0 Å². The number of hydrogen-bond donors (Lipinski definition) is 2. The number of benzene rings is 1. The number of rotatable bonds is 7. The van der Waals surface area contributed by atoms with Gasteiger partial charge in [0.1, 0.15) is 0 Å². The second kappa shape index (κ2) is 8.50. The van der Waals surface area contributed by atoms with Crippen LogP contribution in [0.25, 0.3) is 0 Å². The van der Waals surface area contributed by atoms with Crippen LogP contribution in [-0.4, -0.2) is 25.0 Å². The molecule has 1 saturated heterocycles. The van der Waals surface area contributed by atoms with Crippen LogP contribution in [0, 0.1) is 6.92 Å². The van der Waals surface area contributed by atoms with Gasteiger partial charge < -0.3 is 15.5 Å². The molecule has 1 aliphatic rings. The van der Waals surface area contributed by atoms with E-state index in [1.165, 1.54) is 28.3 Å². The first-order valence-electron chi connectivity index (χ1n) is 9.04. The summed E-state index contributed by atoms with van der Waals surface area (Å²) in [6, 6.07) is 12.6. The van der Waals surface area contributed by atoms with Gasteiger partial charge in [0.25, 0.3) is 0 Å². The zero-order chi connectivity index (χ0) is 17.6. The molecule has 134 valence electrons. The highest BCUT2D eigenvalue weighted by atomic mass is 32.1. The number of carbonyl (C=O) groups excluding carboxylic acids is 1. The first-order chi connectivity index (χ1) is 12.1. The zero-order valence-electron chi connectivity index (χ0n) is 15.0. The molecule has 1 aromatic carbocycles. The lowest BCUT2D eigenvalue weighted by Crippen LogP contribution is -2.30. The van der Waals surface area contributed by atoms with Crippen LogP contribution in [0.1, 0.15) is 35.9 Å². The van der Waals surface area contributed by atoms with E-state index in [1.807, 2.05) is 12.1 Å². The summed E-state index contributed by atoms with van der Waals surface area (Å²) < 4.78 is 0. The highest BCUT2D eigenvalue weighted by Gasteiger charge is 2.14. The molecule has 2 heterocycles. The van der Waals surface area contributed by atoms with Crippen LogP contribution >= 0.6 is 11.3 Å². The number of anilines is 2. The van der Waals surface area contributed by atoms with Crippen molar-refractivity contribution in [3.8, 4) is 0 Å². The summed E-state index contributed by atoms with van der Waals surface area (Å²) in [5.41, 5.74) is 2.09. The van der Waals surface area contributed by atoms with E-state index in [1.54, 1.807) is 11.3 Å². The molecule has 1 amide bonds. The fraction of sp³-hybridized carbons (Fsp3) is 0.450. The molecule has 0 bridgehead atoms. The van der Waals surface area contributed by atoms with Crippen LogP contribution in [0.4, 0.5) is 11.4 Å². The minimum absolute atomic E-state index is 0.0564. The Balaban J connectivity index is 1.47. The van der Waals surface area contributed by atoms with Gasteiger partial charge in [-0.1, -0.05) is 6.07 Å². The van der Waals surface area contributed by atoms with Gasteiger partial charge in [0.15, 0.2) is 0 Å². The van der Waals surface area contributed by atoms with Gasteiger partial charge in [-0.25, -0.2) is 0 Å². The summed E-state index contributed by atoms with van der Waals surface area (Å²) in [6.07, 6.45) is 2.98. The normalized spacial score (nSPS) is 15.4. The van der Waals surface area contributed by atoms with Crippen molar-refractivity contribution < 1.29 is 4.79 Å². The number of nitrogens with zero attached hydrogens (tertiary/aromatic N) is 1. The Hall–Kier alpha value is -1.85. The molecule has 1 atom stereocenters. The van der Waals surface area contributed by atoms with Gasteiger partial charge in [0.05, 0.1) is 0 Å². The standard InChI is InChI=1S/C20H27N3OS/c1-15(21-14-19-9-8-16(2)25-19)12-20(24)22-17-6-5-7-18(13-17)23-10-3-4-11-23/h5-9,13,15,21H,3-4,10-12,14H2,1-2H3,(H,22,24). The maximum Gasteiger partial charge on any atom is 0.225 e. The van der Waals surface area contributed by atoms with Crippen LogP contribution in [0.5, 0.6) is 0 Å². The minimum Gasteiger partial charge on any atom is -0.371 e. The predicted octanol–water partition coefficient (Wildman–Crippen LogP) is 4.16. The molecule has 25 heavy (non-hydrogen) atoms. The summed E-state index contributed by atoms with van der Waals surface area (Å²) in [6.45, 7) is 7.21. The van der Waals surface area contributed by atoms with E-state index in [4.69, 9.17) is 0 Å². The molecule has 4 nitrogen and oxygen atoms in total. The molecule has 1 aromatic heterocycles. The number of carbonyl (C=O) groups is 1. The molecular formula is C20H27N3OS. The smallest absolute Gasteiger partial charge is 0.225 e. The lowest BCUT2D eigenvalue weighted by molar-refractivity contribution is -0.116. The van der Waals surface area contributed by atoms with Crippen LogP contribution in [0.2, 0.25) is 0 Å². The van der Waals surface area contributed by atoms with Gasteiger partial charge in [-0.05, 0) is 57.0 Å². The van der Waals surface area contributed by atoms with Gasteiger partial charge in [-0.3, -0.25) is 4.79 Å². The molecule has 0 saturated carbocycles. The van der Waals surface area contributed by atoms with Crippen LogP contribution in [0.15, 0.2) is 36.4 Å². The molecule has 5 heteroatoms. The van der Waals surface area contributed by atoms with E-state index < -0.39 is 0 Å². The van der Waals surface area contributed by atoms with Crippen molar-refractivity contribution in [3.05, 3.63) is 46.2 Å². The quantitative estimate of drug-likeness (QED) is 0.782. The van der Waals surface area contributed by atoms with E-state index in [0.717, 1.165) is 25.3 Å². The predicted molar refractivity (Wildman–Crippen MR) is 106 cm³/mol. The van der Waals surface area contributed by atoms with Gasteiger partial charge in [0.2, 0.25) is 5.91 Å².